The summed E-state index contributed by atoms with van der Waals surface area (Å²) in [6.45, 7) is 3.46. The van der Waals surface area contributed by atoms with Crippen LogP contribution in [0.5, 0.6) is 0 Å². The van der Waals surface area contributed by atoms with Crippen molar-refractivity contribution in [3.8, 4) is 0 Å². The van der Waals surface area contributed by atoms with E-state index < -0.39 is 5.97 Å². The summed E-state index contributed by atoms with van der Waals surface area (Å²) < 4.78 is 1.62. The van der Waals surface area contributed by atoms with Crippen LogP contribution in [-0.2, 0) is 0 Å². The summed E-state index contributed by atoms with van der Waals surface area (Å²) in [6, 6.07) is 8.02. The van der Waals surface area contributed by atoms with Gasteiger partial charge in [0.2, 0.25) is 5.95 Å². The molecule has 8 nitrogen and oxygen atoms in total. The molecular formula is C16H16N6O2. The molecule has 3 aromatic rings. The number of benzene rings is 1. The summed E-state index contributed by atoms with van der Waals surface area (Å²) in [4.78, 5) is 22.3. The first-order valence-electron chi connectivity index (χ1n) is 7.75. The standard InChI is InChI=1S/C16H16N6O2/c1-10-12-4-2-3-5-13(12)18-16(17-10)21-7-6-11(8-21)22-9-14(15(23)24)19-20-22/h2-5,9,11H,6-8H2,1H3,(H,23,24). The van der Waals surface area contributed by atoms with E-state index >= 15 is 0 Å². The number of nitrogens with zero attached hydrogens (tertiary/aromatic N) is 6. The van der Waals surface area contributed by atoms with Crippen LogP contribution in [0.1, 0.15) is 28.6 Å². The van der Waals surface area contributed by atoms with Gasteiger partial charge in [0.25, 0.3) is 0 Å². The fourth-order valence-corrected chi connectivity index (χ4v) is 3.05. The summed E-state index contributed by atoms with van der Waals surface area (Å²) in [5.41, 5.74) is 1.84. The molecule has 0 amide bonds. The molecule has 1 unspecified atom stereocenters. The van der Waals surface area contributed by atoms with Crippen LogP contribution in [0.3, 0.4) is 0 Å². The fraction of sp³-hybridized carbons (Fsp3) is 0.312. The van der Waals surface area contributed by atoms with Crippen molar-refractivity contribution in [1.29, 1.82) is 0 Å². The van der Waals surface area contributed by atoms with E-state index in [9.17, 15) is 4.79 Å². The van der Waals surface area contributed by atoms with Crippen molar-refractivity contribution < 1.29 is 9.90 Å². The lowest BCUT2D eigenvalue weighted by atomic mass is 10.2. The minimum absolute atomic E-state index is 0.0359. The minimum atomic E-state index is -1.07. The Balaban J connectivity index is 1.59. The lowest BCUT2D eigenvalue weighted by molar-refractivity contribution is 0.0690. The molecule has 1 atom stereocenters. The van der Waals surface area contributed by atoms with Crippen LogP contribution in [0.4, 0.5) is 5.95 Å². The molecule has 1 aliphatic heterocycles. The van der Waals surface area contributed by atoms with Gasteiger partial charge in [-0.05, 0) is 19.4 Å². The van der Waals surface area contributed by atoms with Crippen LogP contribution in [0.2, 0.25) is 0 Å². The number of carboxylic acids is 1. The van der Waals surface area contributed by atoms with Gasteiger partial charge in [0.15, 0.2) is 5.69 Å². The molecular weight excluding hydrogens is 308 g/mol. The highest BCUT2D eigenvalue weighted by molar-refractivity contribution is 5.84. The number of hydrogen-bond acceptors (Lipinski definition) is 6. The Morgan fingerprint density at radius 2 is 2.12 bits per heavy atom. The summed E-state index contributed by atoms with van der Waals surface area (Å²) >= 11 is 0. The van der Waals surface area contributed by atoms with Crippen molar-refractivity contribution in [3.05, 3.63) is 41.9 Å². The number of rotatable bonds is 3. The van der Waals surface area contributed by atoms with Gasteiger partial charge >= 0.3 is 5.97 Å². The monoisotopic (exact) mass is 324 g/mol. The van der Waals surface area contributed by atoms with Gasteiger partial charge < -0.3 is 10.0 Å². The molecule has 24 heavy (non-hydrogen) atoms. The van der Waals surface area contributed by atoms with Gasteiger partial charge in [0.05, 0.1) is 23.4 Å². The van der Waals surface area contributed by atoms with Gasteiger partial charge in [-0.3, -0.25) is 0 Å². The van der Waals surface area contributed by atoms with E-state index in [1.807, 2.05) is 31.2 Å². The van der Waals surface area contributed by atoms with Gasteiger partial charge in [-0.1, -0.05) is 23.4 Å². The molecule has 0 radical (unpaired) electrons. The molecule has 1 aliphatic rings. The van der Waals surface area contributed by atoms with Crippen LogP contribution >= 0.6 is 0 Å². The zero-order chi connectivity index (χ0) is 16.7. The second-order valence-electron chi connectivity index (χ2n) is 5.90. The summed E-state index contributed by atoms with van der Waals surface area (Å²) in [5, 5.41) is 17.6. The maximum Gasteiger partial charge on any atom is 0.358 e. The van der Waals surface area contributed by atoms with Crippen molar-refractivity contribution in [2.45, 2.75) is 19.4 Å². The molecule has 1 saturated heterocycles. The molecule has 1 fully saturated rings. The van der Waals surface area contributed by atoms with Gasteiger partial charge in [-0.2, -0.15) is 0 Å². The van der Waals surface area contributed by atoms with Crippen molar-refractivity contribution in [3.63, 3.8) is 0 Å². The van der Waals surface area contributed by atoms with Crippen LogP contribution in [0, 0.1) is 6.92 Å². The van der Waals surface area contributed by atoms with Crippen molar-refractivity contribution in [2.75, 3.05) is 18.0 Å². The highest BCUT2D eigenvalue weighted by atomic mass is 16.4. The van der Waals surface area contributed by atoms with Crippen LogP contribution < -0.4 is 4.90 Å². The molecule has 4 rings (SSSR count). The number of para-hydroxylation sites is 1. The quantitative estimate of drug-likeness (QED) is 0.782. The Morgan fingerprint density at radius 3 is 2.92 bits per heavy atom. The fourth-order valence-electron chi connectivity index (χ4n) is 3.05. The van der Waals surface area contributed by atoms with Crippen LogP contribution in [0.15, 0.2) is 30.5 Å². The molecule has 8 heteroatoms. The zero-order valence-electron chi connectivity index (χ0n) is 13.1. The molecule has 0 bridgehead atoms. The van der Waals surface area contributed by atoms with Crippen LogP contribution in [-0.4, -0.2) is 49.1 Å². The number of fused-ring (bicyclic) bond motifs is 1. The Morgan fingerprint density at radius 1 is 1.29 bits per heavy atom. The van der Waals surface area contributed by atoms with E-state index in [-0.39, 0.29) is 11.7 Å². The maximum absolute atomic E-state index is 10.9. The second-order valence-corrected chi connectivity index (χ2v) is 5.90. The molecule has 0 spiro atoms. The minimum Gasteiger partial charge on any atom is -0.476 e. The molecule has 122 valence electrons. The summed E-state index contributed by atoms with van der Waals surface area (Å²) in [5.74, 6) is -0.364. The summed E-state index contributed by atoms with van der Waals surface area (Å²) in [7, 11) is 0. The Hall–Kier alpha value is -3.03. The summed E-state index contributed by atoms with van der Waals surface area (Å²) in [6.07, 6.45) is 2.32. The lowest BCUT2D eigenvalue weighted by Gasteiger charge is -2.17. The molecule has 0 saturated carbocycles. The third-order valence-electron chi connectivity index (χ3n) is 4.33. The smallest absolute Gasteiger partial charge is 0.358 e. The maximum atomic E-state index is 10.9. The average molecular weight is 324 g/mol. The molecule has 2 aromatic heterocycles. The first kappa shape index (κ1) is 14.6. The Kier molecular flexibility index (Phi) is 3.37. The van der Waals surface area contributed by atoms with E-state index in [2.05, 4.69) is 25.2 Å². The van der Waals surface area contributed by atoms with Crippen molar-refractivity contribution in [2.24, 2.45) is 0 Å². The number of hydrogen-bond donors (Lipinski definition) is 1. The van der Waals surface area contributed by atoms with E-state index in [4.69, 9.17) is 5.11 Å². The predicted octanol–water partition coefficient (Wildman–Crippen LogP) is 1.68. The lowest BCUT2D eigenvalue weighted by Crippen LogP contribution is -2.23. The molecule has 1 N–H and O–H groups in total. The SMILES string of the molecule is Cc1nc(N2CCC(n3cc(C(=O)O)nn3)C2)nc2ccccc12. The second kappa shape index (κ2) is 5.55. The number of carbonyl (C=O) groups is 1. The molecule has 1 aromatic carbocycles. The van der Waals surface area contributed by atoms with E-state index in [1.165, 1.54) is 6.20 Å². The van der Waals surface area contributed by atoms with Gasteiger partial charge in [-0.15, -0.1) is 5.10 Å². The number of aryl methyl sites for hydroxylation is 1. The number of carboxylic acid groups (broad SMARTS) is 1. The van der Waals surface area contributed by atoms with Crippen LogP contribution in [0.25, 0.3) is 10.9 Å². The predicted molar refractivity (Wildman–Crippen MR) is 87.1 cm³/mol. The third-order valence-corrected chi connectivity index (χ3v) is 4.33. The van der Waals surface area contributed by atoms with E-state index in [0.717, 1.165) is 29.6 Å². The van der Waals surface area contributed by atoms with Gasteiger partial charge in [0.1, 0.15) is 0 Å². The van der Waals surface area contributed by atoms with Gasteiger partial charge in [-0.25, -0.2) is 19.4 Å². The van der Waals surface area contributed by atoms with Crippen molar-refractivity contribution >= 4 is 22.8 Å². The number of aromatic carboxylic acids is 1. The molecule has 3 heterocycles. The van der Waals surface area contributed by atoms with Crippen molar-refractivity contribution in [1.82, 2.24) is 25.0 Å². The van der Waals surface area contributed by atoms with E-state index in [0.29, 0.717) is 12.5 Å². The Labute approximate surface area is 137 Å². The van der Waals surface area contributed by atoms with Gasteiger partial charge in [0, 0.05) is 18.5 Å². The first-order chi connectivity index (χ1) is 11.6. The average Bonchev–Trinajstić information content (AvgIpc) is 3.24. The zero-order valence-corrected chi connectivity index (χ0v) is 13.1. The largest absolute Gasteiger partial charge is 0.476 e. The Bertz CT molecular complexity index is 922. The third kappa shape index (κ3) is 2.45. The first-order valence-corrected chi connectivity index (χ1v) is 7.75. The highest BCUT2D eigenvalue weighted by Crippen LogP contribution is 2.26. The topological polar surface area (TPSA) is 97.0 Å². The molecule has 0 aliphatic carbocycles. The van der Waals surface area contributed by atoms with E-state index in [1.54, 1.807) is 4.68 Å². The highest BCUT2D eigenvalue weighted by Gasteiger charge is 2.27. The number of anilines is 1. The normalized spacial score (nSPS) is 17.5. The number of aromatic nitrogens is 5.